The lowest BCUT2D eigenvalue weighted by atomic mass is 9.83. The van der Waals surface area contributed by atoms with Gasteiger partial charge in [-0.2, -0.15) is 0 Å². The van der Waals surface area contributed by atoms with Crippen LogP contribution in [-0.2, 0) is 9.16 Å². The standard InChI is InChI=1S/C23H44O2Si/c1-6-11-17-22-21(16-14-20-24-19-12-7-2)15-13-18-23(22)25-26(8-3,9-4)10-5/h14,16,21H,6-13,15,17-20H2,1-5H3/b16-14+/t21-/m1/s1. The van der Waals surface area contributed by atoms with E-state index >= 15 is 0 Å². The Bertz CT molecular complexity index is 416. The van der Waals surface area contributed by atoms with Crippen molar-refractivity contribution in [2.24, 2.45) is 5.92 Å². The van der Waals surface area contributed by atoms with E-state index in [1.807, 2.05) is 0 Å². The summed E-state index contributed by atoms with van der Waals surface area (Å²) >= 11 is 0. The summed E-state index contributed by atoms with van der Waals surface area (Å²) in [5.41, 5.74) is 1.61. The average molecular weight is 381 g/mol. The fourth-order valence-electron chi connectivity index (χ4n) is 3.89. The molecule has 0 aromatic rings. The lowest BCUT2D eigenvalue weighted by Gasteiger charge is -2.35. The second kappa shape index (κ2) is 13.6. The molecule has 0 amide bonds. The number of allylic oxidation sites excluding steroid dienone is 3. The second-order valence-electron chi connectivity index (χ2n) is 7.75. The van der Waals surface area contributed by atoms with Crippen molar-refractivity contribution in [2.45, 2.75) is 104 Å². The van der Waals surface area contributed by atoms with E-state index in [0.29, 0.717) is 5.92 Å². The van der Waals surface area contributed by atoms with Gasteiger partial charge in [0.15, 0.2) is 0 Å². The number of ether oxygens (including phenoxy) is 1. The SMILES string of the molecule is CCCCOC/C=C/[C@H]1CCCC(O[Si](CC)(CC)CC)=C1CCCC. The van der Waals surface area contributed by atoms with Crippen LogP contribution in [0.5, 0.6) is 0 Å². The van der Waals surface area contributed by atoms with Gasteiger partial charge >= 0.3 is 0 Å². The minimum Gasteiger partial charge on any atom is -0.547 e. The minimum absolute atomic E-state index is 0.567. The number of hydrogen-bond acceptors (Lipinski definition) is 2. The van der Waals surface area contributed by atoms with Crippen LogP contribution >= 0.6 is 0 Å². The number of rotatable bonds is 14. The highest BCUT2D eigenvalue weighted by Crippen LogP contribution is 2.38. The fourth-order valence-corrected chi connectivity index (χ4v) is 6.58. The van der Waals surface area contributed by atoms with Crippen molar-refractivity contribution in [3.63, 3.8) is 0 Å². The Morgan fingerprint density at radius 2 is 1.69 bits per heavy atom. The van der Waals surface area contributed by atoms with Gasteiger partial charge in [0.05, 0.1) is 12.4 Å². The predicted molar refractivity (Wildman–Crippen MR) is 117 cm³/mol. The van der Waals surface area contributed by atoms with Crippen LogP contribution in [0.25, 0.3) is 0 Å². The maximum absolute atomic E-state index is 6.88. The molecule has 0 fully saturated rings. The smallest absolute Gasteiger partial charge is 0.250 e. The Labute approximate surface area is 164 Å². The maximum atomic E-state index is 6.88. The highest BCUT2D eigenvalue weighted by Gasteiger charge is 2.33. The molecule has 0 heterocycles. The van der Waals surface area contributed by atoms with Gasteiger partial charge < -0.3 is 9.16 Å². The highest BCUT2D eigenvalue weighted by atomic mass is 28.4. The van der Waals surface area contributed by atoms with E-state index in [9.17, 15) is 0 Å². The van der Waals surface area contributed by atoms with E-state index in [-0.39, 0.29) is 0 Å². The third-order valence-electron chi connectivity index (χ3n) is 6.02. The molecule has 0 saturated carbocycles. The molecule has 0 unspecified atom stereocenters. The first-order chi connectivity index (χ1) is 12.7. The molecule has 1 aliphatic rings. The Morgan fingerprint density at radius 1 is 1.00 bits per heavy atom. The first kappa shape index (κ1) is 23.5. The van der Waals surface area contributed by atoms with Crippen molar-refractivity contribution in [1.29, 1.82) is 0 Å². The Hall–Kier alpha value is -0.543. The first-order valence-corrected chi connectivity index (χ1v) is 13.8. The molecular weight excluding hydrogens is 336 g/mol. The van der Waals surface area contributed by atoms with E-state index in [0.717, 1.165) is 26.1 Å². The molecule has 0 N–H and O–H groups in total. The van der Waals surface area contributed by atoms with E-state index in [1.54, 1.807) is 5.57 Å². The lowest BCUT2D eigenvalue weighted by Crippen LogP contribution is -2.36. The van der Waals surface area contributed by atoms with Crippen LogP contribution in [0.3, 0.4) is 0 Å². The molecule has 2 nitrogen and oxygen atoms in total. The van der Waals surface area contributed by atoms with Crippen LogP contribution in [0, 0.1) is 5.92 Å². The zero-order chi connectivity index (χ0) is 19.3. The molecule has 152 valence electrons. The van der Waals surface area contributed by atoms with Gasteiger partial charge in [0, 0.05) is 18.9 Å². The van der Waals surface area contributed by atoms with Crippen molar-refractivity contribution in [2.75, 3.05) is 13.2 Å². The average Bonchev–Trinajstić information content (AvgIpc) is 2.68. The third kappa shape index (κ3) is 7.60. The summed E-state index contributed by atoms with van der Waals surface area (Å²) in [4.78, 5) is 0. The molecule has 0 saturated heterocycles. The van der Waals surface area contributed by atoms with E-state index in [4.69, 9.17) is 9.16 Å². The fraction of sp³-hybridized carbons (Fsp3) is 0.826. The molecule has 0 bridgehead atoms. The zero-order valence-electron chi connectivity index (χ0n) is 18.2. The molecule has 0 aromatic heterocycles. The van der Waals surface area contributed by atoms with Crippen molar-refractivity contribution >= 4 is 8.32 Å². The summed E-state index contributed by atoms with van der Waals surface area (Å²) in [5.74, 6) is 1.95. The van der Waals surface area contributed by atoms with Gasteiger partial charge in [-0.25, -0.2) is 0 Å². The monoisotopic (exact) mass is 380 g/mol. The highest BCUT2D eigenvalue weighted by molar-refractivity contribution is 6.73. The quantitative estimate of drug-likeness (QED) is 0.175. The zero-order valence-corrected chi connectivity index (χ0v) is 19.2. The van der Waals surface area contributed by atoms with Crippen LogP contribution < -0.4 is 0 Å². The number of hydrogen-bond donors (Lipinski definition) is 0. The summed E-state index contributed by atoms with van der Waals surface area (Å²) in [6.07, 6.45) is 14.5. The normalized spacial score (nSPS) is 18.7. The van der Waals surface area contributed by atoms with Gasteiger partial charge in [0.1, 0.15) is 0 Å². The molecule has 0 spiro atoms. The van der Waals surface area contributed by atoms with Crippen LogP contribution in [0.1, 0.15) is 86.0 Å². The Kier molecular flexibility index (Phi) is 12.3. The first-order valence-electron chi connectivity index (χ1n) is 11.3. The topological polar surface area (TPSA) is 18.5 Å². The van der Waals surface area contributed by atoms with Crippen molar-refractivity contribution in [3.8, 4) is 0 Å². The molecule has 1 aliphatic carbocycles. The number of unbranched alkanes of at least 4 members (excludes halogenated alkanes) is 2. The summed E-state index contributed by atoms with van der Waals surface area (Å²) in [5, 5.41) is 0. The molecule has 26 heavy (non-hydrogen) atoms. The minimum atomic E-state index is -1.58. The molecule has 0 aromatic carbocycles. The van der Waals surface area contributed by atoms with Gasteiger partial charge in [0.25, 0.3) is 0 Å². The van der Waals surface area contributed by atoms with E-state index in [2.05, 4.69) is 46.8 Å². The molecule has 0 aliphatic heterocycles. The maximum Gasteiger partial charge on any atom is 0.250 e. The van der Waals surface area contributed by atoms with Gasteiger partial charge in [-0.05, 0) is 55.8 Å². The molecule has 3 heteroatoms. The van der Waals surface area contributed by atoms with Crippen LogP contribution in [-0.4, -0.2) is 21.5 Å². The van der Waals surface area contributed by atoms with Crippen LogP contribution in [0.4, 0.5) is 0 Å². The largest absolute Gasteiger partial charge is 0.547 e. The Morgan fingerprint density at radius 3 is 2.31 bits per heavy atom. The van der Waals surface area contributed by atoms with Gasteiger partial charge in [-0.1, -0.05) is 59.6 Å². The van der Waals surface area contributed by atoms with Gasteiger partial charge in [-0.15, -0.1) is 0 Å². The Balaban J connectivity index is 2.86. The summed E-state index contributed by atoms with van der Waals surface area (Å²) in [6, 6.07) is 3.70. The summed E-state index contributed by atoms with van der Waals surface area (Å²) < 4.78 is 12.6. The third-order valence-corrected chi connectivity index (χ3v) is 10.6. The second-order valence-corrected chi connectivity index (χ2v) is 12.4. The molecule has 0 radical (unpaired) electrons. The van der Waals surface area contributed by atoms with Crippen molar-refractivity contribution in [1.82, 2.24) is 0 Å². The lowest BCUT2D eigenvalue weighted by molar-refractivity contribution is 0.158. The molecule has 1 atom stereocenters. The predicted octanol–water partition coefficient (Wildman–Crippen LogP) is 7.63. The van der Waals surface area contributed by atoms with Crippen LogP contribution in [0.15, 0.2) is 23.5 Å². The summed E-state index contributed by atoms with van der Waals surface area (Å²) in [7, 11) is -1.58. The van der Waals surface area contributed by atoms with E-state index in [1.165, 1.54) is 62.4 Å². The summed E-state index contributed by atoms with van der Waals surface area (Å²) in [6.45, 7) is 13.1. The van der Waals surface area contributed by atoms with Crippen LogP contribution in [0.2, 0.25) is 18.1 Å². The van der Waals surface area contributed by atoms with Crippen molar-refractivity contribution < 1.29 is 9.16 Å². The van der Waals surface area contributed by atoms with Gasteiger partial charge in [0.2, 0.25) is 8.32 Å². The van der Waals surface area contributed by atoms with Crippen molar-refractivity contribution in [3.05, 3.63) is 23.5 Å². The van der Waals surface area contributed by atoms with E-state index < -0.39 is 8.32 Å². The molecule has 1 rings (SSSR count). The van der Waals surface area contributed by atoms with Gasteiger partial charge in [-0.3, -0.25) is 0 Å². The molecular formula is C23H44O2Si.